The zero-order valence-electron chi connectivity index (χ0n) is 19.9. The van der Waals surface area contributed by atoms with E-state index in [0.717, 1.165) is 36.8 Å². The molecule has 0 bridgehead atoms. The third-order valence-electron chi connectivity index (χ3n) is 7.33. The van der Waals surface area contributed by atoms with Crippen LogP contribution < -0.4 is 10.2 Å². The number of carbonyl (C=O) groups is 1. The molecule has 0 atom stereocenters. The number of amides is 1. The van der Waals surface area contributed by atoms with Gasteiger partial charge < -0.3 is 15.3 Å². The normalized spacial score (nSPS) is 20.1. The summed E-state index contributed by atoms with van der Waals surface area (Å²) in [7, 11) is 0. The molecule has 1 fully saturated rings. The Labute approximate surface area is 196 Å². The van der Waals surface area contributed by atoms with E-state index in [2.05, 4.69) is 61.5 Å². The molecule has 0 spiro atoms. The van der Waals surface area contributed by atoms with E-state index in [9.17, 15) is 4.79 Å². The van der Waals surface area contributed by atoms with Gasteiger partial charge in [0.05, 0.1) is 5.69 Å². The lowest BCUT2D eigenvalue weighted by molar-refractivity contribution is -0.122. The van der Waals surface area contributed by atoms with Crippen molar-refractivity contribution in [3.05, 3.63) is 34.7 Å². The quantitative estimate of drug-likeness (QED) is 0.642. The predicted molar refractivity (Wildman–Crippen MR) is 133 cm³/mol. The van der Waals surface area contributed by atoms with Crippen molar-refractivity contribution in [2.75, 3.05) is 24.6 Å². The van der Waals surface area contributed by atoms with Gasteiger partial charge in [-0.15, -0.1) is 11.3 Å². The second kappa shape index (κ2) is 9.14. The summed E-state index contributed by atoms with van der Waals surface area (Å²) in [6.07, 6.45) is 5.24. The number of fused-ring (bicyclic) bond motifs is 1. The van der Waals surface area contributed by atoms with Crippen molar-refractivity contribution >= 4 is 22.4 Å². The molecule has 4 rings (SSSR count). The van der Waals surface area contributed by atoms with Crippen molar-refractivity contribution in [2.45, 2.75) is 83.1 Å². The topological polar surface area (TPSA) is 65.5 Å². The highest BCUT2D eigenvalue weighted by molar-refractivity contribution is 7.14. The van der Waals surface area contributed by atoms with Crippen molar-refractivity contribution in [1.29, 1.82) is 0 Å². The fourth-order valence-corrected chi connectivity index (χ4v) is 5.93. The van der Waals surface area contributed by atoms with E-state index >= 15 is 0 Å². The molecule has 1 aliphatic carbocycles. The Morgan fingerprint density at radius 2 is 1.84 bits per heavy atom. The van der Waals surface area contributed by atoms with Crippen LogP contribution in [-0.2, 0) is 15.6 Å². The Hall–Kier alpha value is -1.92. The van der Waals surface area contributed by atoms with Crippen LogP contribution in [0.5, 0.6) is 0 Å². The highest BCUT2D eigenvalue weighted by Gasteiger charge is 2.37. The third kappa shape index (κ3) is 4.86. The lowest BCUT2D eigenvalue weighted by atomic mass is 9.63. The first-order valence-corrected chi connectivity index (χ1v) is 12.8. The Morgan fingerprint density at radius 3 is 2.53 bits per heavy atom. The summed E-state index contributed by atoms with van der Waals surface area (Å²) >= 11 is 1.71. The molecule has 1 saturated heterocycles. The third-order valence-corrected chi connectivity index (χ3v) is 8.23. The van der Waals surface area contributed by atoms with Gasteiger partial charge in [0.2, 0.25) is 5.91 Å². The minimum atomic E-state index is 0.0487. The molecule has 2 heterocycles. The van der Waals surface area contributed by atoms with Crippen LogP contribution >= 0.6 is 11.3 Å². The Balaban J connectivity index is 1.43. The molecule has 1 aromatic carbocycles. The Kier molecular flexibility index (Phi) is 6.64. The molecule has 2 N–H and O–H groups in total. The number of benzene rings is 1. The van der Waals surface area contributed by atoms with Crippen molar-refractivity contribution in [1.82, 2.24) is 10.3 Å². The van der Waals surface area contributed by atoms with Crippen LogP contribution in [0.15, 0.2) is 23.6 Å². The highest BCUT2D eigenvalue weighted by atomic mass is 32.1. The average molecular weight is 456 g/mol. The minimum absolute atomic E-state index is 0.0487. The van der Waals surface area contributed by atoms with Crippen molar-refractivity contribution in [3.8, 4) is 11.3 Å². The van der Waals surface area contributed by atoms with Gasteiger partial charge in [-0.25, -0.2) is 4.98 Å². The maximum Gasteiger partial charge on any atom is 0.220 e. The SMILES string of the molecule is CC1(C)CCC(C)(C)c2cc(-c3csc(N4CCC(NC(=O)CCCO)CC4)n3)ccc21. The molecule has 1 aromatic heterocycles. The molecule has 32 heavy (non-hydrogen) atoms. The molecular formula is C26H37N3O2S. The molecule has 0 unspecified atom stereocenters. The van der Waals surface area contributed by atoms with E-state index < -0.39 is 0 Å². The number of anilines is 1. The fraction of sp³-hybridized carbons (Fsp3) is 0.615. The van der Waals surface area contributed by atoms with Gasteiger partial charge in [0.25, 0.3) is 0 Å². The van der Waals surface area contributed by atoms with E-state index in [-0.39, 0.29) is 29.4 Å². The van der Waals surface area contributed by atoms with Gasteiger partial charge in [-0.2, -0.15) is 0 Å². The Morgan fingerprint density at radius 1 is 1.16 bits per heavy atom. The maximum absolute atomic E-state index is 11.9. The molecule has 0 radical (unpaired) electrons. The van der Waals surface area contributed by atoms with Crippen LogP contribution in [0.25, 0.3) is 11.3 Å². The lowest BCUT2D eigenvalue weighted by Crippen LogP contribution is -2.44. The van der Waals surface area contributed by atoms with Gasteiger partial charge in [0, 0.05) is 43.1 Å². The number of hydrogen-bond donors (Lipinski definition) is 2. The summed E-state index contributed by atoms with van der Waals surface area (Å²) in [5, 5.41) is 15.2. The monoisotopic (exact) mass is 455 g/mol. The summed E-state index contributed by atoms with van der Waals surface area (Å²) in [6.45, 7) is 11.3. The number of thiazole rings is 1. The van der Waals surface area contributed by atoms with Crippen LogP contribution in [0.1, 0.15) is 77.3 Å². The first kappa shape index (κ1) is 23.2. The van der Waals surface area contributed by atoms with Gasteiger partial charge in [0.15, 0.2) is 5.13 Å². The van der Waals surface area contributed by atoms with Crippen LogP contribution in [0.4, 0.5) is 5.13 Å². The van der Waals surface area contributed by atoms with Gasteiger partial charge in [-0.3, -0.25) is 4.79 Å². The molecule has 174 valence electrons. The molecule has 2 aromatic rings. The van der Waals surface area contributed by atoms with Crippen molar-refractivity contribution in [3.63, 3.8) is 0 Å². The summed E-state index contributed by atoms with van der Waals surface area (Å²) in [4.78, 5) is 19.3. The predicted octanol–water partition coefficient (Wildman–Crippen LogP) is 5.02. The second-order valence-electron chi connectivity index (χ2n) is 10.7. The van der Waals surface area contributed by atoms with E-state index in [1.165, 1.54) is 29.5 Å². The number of rotatable bonds is 6. The standard InChI is InChI=1S/C26H37N3O2S/c1-25(2)11-12-26(3,4)21-16-18(7-8-20(21)25)22-17-32-24(28-22)29-13-9-19(10-14-29)27-23(31)6-5-15-30/h7-8,16-17,19,30H,5-6,9-15H2,1-4H3,(H,27,31). The van der Waals surface area contributed by atoms with Crippen LogP contribution in [-0.4, -0.2) is 41.7 Å². The lowest BCUT2D eigenvalue weighted by Gasteiger charge is -2.42. The molecule has 1 aliphatic heterocycles. The van der Waals surface area contributed by atoms with Crippen LogP contribution in [0.3, 0.4) is 0 Å². The fourth-order valence-electron chi connectivity index (χ4n) is 5.04. The number of hydrogen-bond acceptors (Lipinski definition) is 5. The van der Waals surface area contributed by atoms with E-state index in [4.69, 9.17) is 10.1 Å². The minimum Gasteiger partial charge on any atom is -0.396 e. The zero-order chi connectivity index (χ0) is 22.9. The van der Waals surface area contributed by atoms with Gasteiger partial charge in [0.1, 0.15) is 0 Å². The second-order valence-corrected chi connectivity index (χ2v) is 11.5. The summed E-state index contributed by atoms with van der Waals surface area (Å²) < 4.78 is 0. The molecule has 5 nitrogen and oxygen atoms in total. The van der Waals surface area contributed by atoms with Gasteiger partial charge in [-0.05, 0) is 60.1 Å². The van der Waals surface area contributed by atoms with E-state index in [1.54, 1.807) is 11.3 Å². The van der Waals surface area contributed by atoms with Crippen LogP contribution in [0, 0.1) is 0 Å². The number of nitrogens with one attached hydrogen (secondary N) is 1. The number of nitrogens with zero attached hydrogens (tertiary/aromatic N) is 2. The number of aliphatic hydroxyl groups is 1. The number of aliphatic hydroxyl groups excluding tert-OH is 1. The molecule has 1 amide bonds. The van der Waals surface area contributed by atoms with Crippen molar-refractivity contribution in [2.24, 2.45) is 0 Å². The summed E-state index contributed by atoms with van der Waals surface area (Å²) in [5.74, 6) is 0.0487. The van der Waals surface area contributed by atoms with Gasteiger partial charge >= 0.3 is 0 Å². The molecule has 6 heteroatoms. The number of aromatic nitrogens is 1. The van der Waals surface area contributed by atoms with Crippen molar-refractivity contribution < 1.29 is 9.90 Å². The average Bonchev–Trinajstić information content (AvgIpc) is 3.26. The largest absolute Gasteiger partial charge is 0.396 e. The summed E-state index contributed by atoms with van der Waals surface area (Å²) in [5.41, 5.74) is 5.65. The molecular weight excluding hydrogens is 418 g/mol. The highest BCUT2D eigenvalue weighted by Crippen LogP contribution is 2.47. The summed E-state index contributed by atoms with van der Waals surface area (Å²) in [6, 6.07) is 7.18. The van der Waals surface area contributed by atoms with E-state index in [1.807, 2.05) is 0 Å². The first-order valence-electron chi connectivity index (χ1n) is 12.0. The molecule has 2 aliphatic rings. The molecule has 0 saturated carbocycles. The Bertz CT molecular complexity index is 958. The van der Waals surface area contributed by atoms with Crippen LogP contribution in [0.2, 0.25) is 0 Å². The first-order chi connectivity index (χ1) is 15.2. The van der Waals surface area contributed by atoms with Gasteiger partial charge in [-0.1, -0.05) is 39.8 Å². The smallest absolute Gasteiger partial charge is 0.220 e. The zero-order valence-corrected chi connectivity index (χ0v) is 20.7. The number of piperidine rings is 1. The maximum atomic E-state index is 11.9. The van der Waals surface area contributed by atoms with E-state index in [0.29, 0.717) is 12.8 Å². The number of carbonyl (C=O) groups excluding carboxylic acids is 1.